The molecule has 0 saturated carbocycles. The van der Waals surface area contributed by atoms with Gasteiger partial charge >= 0.3 is 0 Å². The highest BCUT2D eigenvalue weighted by Gasteiger charge is 2.25. The SMILES string of the molecule is CCNC(Cc1cc(C)cc2ncnn12)C(C)(C)C. The molecule has 1 atom stereocenters. The third-order valence-corrected chi connectivity index (χ3v) is 3.51. The van der Waals surface area contributed by atoms with Crippen molar-refractivity contribution in [3.05, 3.63) is 29.7 Å². The average molecular weight is 260 g/mol. The number of nitrogens with zero attached hydrogens (tertiary/aromatic N) is 3. The van der Waals surface area contributed by atoms with E-state index >= 15 is 0 Å². The fourth-order valence-electron chi connectivity index (χ4n) is 2.42. The first kappa shape index (κ1) is 14.0. The molecule has 0 bridgehead atoms. The second-order valence-corrected chi connectivity index (χ2v) is 6.23. The molecule has 4 nitrogen and oxygen atoms in total. The van der Waals surface area contributed by atoms with Crippen LogP contribution in [0.25, 0.3) is 5.65 Å². The van der Waals surface area contributed by atoms with Crippen LogP contribution in [0.15, 0.2) is 18.5 Å². The number of hydrogen-bond donors (Lipinski definition) is 1. The summed E-state index contributed by atoms with van der Waals surface area (Å²) in [6.07, 6.45) is 2.58. The molecule has 0 radical (unpaired) electrons. The van der Waals surface area contributed by atoms with Crippen molar-refractivity contribution >= 4 is 5.65 Å². The summed E-state index contributed by atoms with van der Waals surface area (Å²) in [4.78, 5) is 4.29. The Hall–Kier alpha value is -1.42. The van der Waals surface area contributed by atoms with E-state index in [1.165, 1.54) is 11.3 Å². The number of aryl methyl sites for hydroxylation is 1. The van der Waals surface area contributed by atoms with E-state index in [2.05, 4.69) is 62.2 Å². The molecule has 19 heavy (non-hydrogen) atoms. The van der Waals surface area contributed by atoms with Gasteiger partial charge in [-0.05, 0) is 36.6 Å². The van der Waals surface area contributed by atoms with E-state index in [-0.39, 0.29) is 5.41 Å². The van der Waals surface area contributed by atoms with Crippen molar-refractivity contribution in [3.8, 4) is 0 Å². The van der Waals surface area contributed by atoms with Crippen LogP contribution in [-0.2, 0) is 6.42 Å². The number of fused-ring (bicyclic) bond motifs is 1. The number of rotatable bonds is 4. The molecule has 0 aliphatic carbocycles. The lowest BCUT2D eigenvalue weighted by molar-refractivity contribution is 0.267. The van der Waals surface area contributed by atoms with Crippen LogP contribution in [0.2, 0.25) is 0 Å². The smallest absolute Gasteiger partial charge is 0.155 e. The third-order valence-electron chi connectivity index (χ3n) is 3.51. The number of hydrogen-bond acceptors (Lipinski definition) is 3. The molecule has 2 rings (SSSR count). The molecule has 4 heteroatoms. The molecule has 2 aromatic rings. The Labute approximate surface area is 115 Å². The Morgan fingerprint density at radius 3 is 2.68 bits per heavy atom. The normalized spacial score (nSPS) is 13.9. The Morgan fingerprint density at radius 1 is 1.32 bits per heavy atom. The molecule has 1 unspecified atom stereocenters. The van der Waals surface area contributed by atoms with Crippen molar-refractivity contribution in [1.82, 2.24) is 19.9 Å². The number of nitrogens with one attached hydrogen (secondary N) is 1. The van der Waals surface area contributed by atoms with Gasteiger partial charge in [0, 0.05) is 18.2 Å². The quantitative estimate of drug-likeness (QED) is 0.919. The third kappa shape index (κ3) is 3.13. The summed E-state index contributed by atoms with van der Waals surface area (Å²) in [5.74, 6) is 0. The molecule has 2 aromatic heterocycles. The van der Waals surface area contributed by atoms with Crippen LogP contribution in [0.4, 0.5) is 0 Å². The summed E-state index contributed by atoms with van der Waals surface area (Å²) in [5.41, 5.74) is 3.60. The van der Waals surface area contributed by atoms with Crippen molar-refractivity contribution in [2.24, 2.45) is 5.41 Å². The highest BCUT2D eigenvalue weighted by atomic mass is 15.3. The van der Waals surface area contributed by atoms with Gasteiger partial charge in [0.1, 0.15) is 6.33 Å². The van der Waals surface area contributed by atoms with Crippen LogP contribution in [0.1, 0.15) is 39.0 Å². The lowest BCUT2D eigenvalue weighted by atomic mass is 9.84. The maximum absolute atomic E-state index is 4.33. The van der Waals surface area contributed by atoms with Gasteiger partial charge in [0.2, 0.25) is 0 Å². The van der Waals surface area contributed by atoms with Crippen molar-refractivity contribution in [2.75, 3.05) is 6.54 Å². The second kappa shape index (κ2) is 5.29. The van der Waals surface area contributed by atoms with Crippen LogP contribution in [0.5, 0.6) is 0 Å². The Morgan fingerprint density at radius 2 is 2.05 bits per heavy atom. The predicted octanol–water partition coefficient (Wildman–Crippen LogP) is 2.60. The van der Waals surface area contributed by atoms with E-state index in [1.807, 2.05) is 4.52 Å². The van der Waals surface area contributed by atoms with Crippen molar-refractivity contribution in [2.45, 2.75) is 47.1 Å². The lowest BCUT2D eigenvalue weighted by Crippen LogP contribution is -2.42. The first-order valence-electron chi connectivity index (χ1n) is 6.94. The van der Waals surface area contributed by atoms with Crippen LogP contribution >= 0.6 is 0 Å². The highest BCUT2D eigenvalue weighted by molar-refractivity contribution is 5.41. The van der Waals surface area contributed by atoms with Gasteiger partial charge in [0.15, 0.2) is 5.65 Å². The van der Waals surface area contributed by atoms with Crippen LogP contribution in [-0.4, -0.2) is 27.2 Å². The monoisotopic (exact) mass is 260 g/mol. The molecule has 0 fully saturated rings. The summed E-state index contributed by atoms with van der Waals surface area (Å²) in [7, 11) is 0. The molecule has 2 heterocycles. The van der Waals surface area contributed by atoms with E-state index in [1.54, 1.807) is 6.33 Å². The molecular weight excluding hydrogens is 236 g/mol. The van der Waals surface area contributed by atoms with Crippen molar-refractivity contribution in [3.63, 3.8) is 0 Å². The molecule has 0 saturated heterocycles. The van der Waals surface area contributed by atoms with Gasteiger partial charge in [0.25, 0.3) is 0 Å². The molecular formula is C15H24N4. The lowest BCUT2D eigenvalue weighted by Gasteiger charge is -2.31. The molecule has 0 aliphatic rings. The fraction of sp³-hybridized carbons (Fsp3) is 0.600. The molecule has 0 aromatic carbocycles. The number of pyridine rings is 1. The minimum atomic E-state index is 0.215. The minimum Gasteiger partial charge on any atom is -0.313 e. The maximum atomic E-state index is 4.33. The zero-order valence-electron chi connectivity index (χ0n) is 12.6. The van der Waals surface area contributed by atoms with Crippen LogP contribution < -0.4 is 5.32 Å². The molecule has 0 spiro atoms. The molecule has 1 N–H and O–H groups in total. The van der Waals surface area contributed by atoms with Crippen LogP contribution in [0, 0.1) is 12.3 Å². The number of aromatic nitrogens is 3. The first-order chi connectivity index (χ1) is 8.91. The van der Waals surface area contributed by atoms with E-state index in [9.17, 15) is 0 Å². The first-order valence-corrected chi connectivity index (χ1v) is 6.94. The zero-order chi connectivity index (χ0) is 14.0. The topological polar surface area (TPSA) is 42.2 Å². The van der Waals surface area contributed by atoms with Crippen LogP contribution in [0.3, 0.4) is 0 Å². The fourth-order valence-corrected chi connectivity index (χ4v) is 2.42. The zero-order valence-corrected chi connectivity index (χ0v) is 12.6. The Bertz CT molecular complexity index is 551. The molecule has 104 valence electrons. The van der Waals surface area contributed by atoms with Gasteiger partial charge in [-0.2, -0.15) is 5.10 Å². The standard InChI is InChI=1S/C15H24N4/c1-6-16-13(15(3,4)5)9-12-7-11(2)8-14-17-10-18-19(12)14/h7-8,10,13,16H,6,9H2,1-5H3. The minimum absolute atomic E-state index is 0.215. The van der Waals surface area contributed by atoms with Gasteiger partial charge in [-0.1, -0.05) is 27.7 Å². The van der Waals surface area contributed by atoms with Gasteiger partial charge in [-0.3, -0.25) is 0 Å². The summed E-state index contributed by atoms with van der Waals surface area (Å²) in [6.45, 7) is 12.1. The summed E-state index contributed by atoms with van der Waals surface area (Å²) in [6, 6.07) is 4.69. The molecule has 0 amide bonds. The van der Waals surface area contributed by atoms with Gasteiger partial charge in [-0.15, -0.1) is 0 Å². The largest absolute Gasteiger partial charge is 0.313 e. The summed E-state index contributed by atoms with van der Waals surface area (Å²) in [5, 5.41) is 7.92. The average Bonchev–Trinajstić information content (AvgIpc) is 2.74. The highest BCUT2D eigenvalue weighted by Crippen LogP contribution is 2.23. The second-order valence-electron chi connectivity index (χ2n) is 6.23. The van der Waals surface area contributed by atoms with E-state index in [0.717, 1.165) is 18.6 Å². The Kier molecular flexibility index (Phi) is 3.90. The maximum Gasteiger partial charge on any atom is 0.155 e. The van der Waals surface area contributed by atoms with Crippen molar-refractivity contribution < 1.29 is 0 Å². The predicted molar refractivity (Wildman–Crippen MR) is 78.3 cm³/mol. The van der Waals surface area contributed by atoms with Crippen molar-refractivity contribution in [1.29, 1.82) is 0 Å². The van der Waals surface area contributed by atoms with E-state index in [0.29, 0.717) is 6.04 Å². The summed E-state index contributed by atoms with van der Waals surface area (Å²) >= 11 is 0. The van der Waals surface area contributed by atoms with E-state index < -0.39 is 0 Å². The van der Waals surface area contributed by atoms with E-state index in [4.69, 9.17) is 0 Å². The van der Waals surface area contributed by atoms with Gasteiger partial charge in [-0.25, -0.2) is 9.50 Å². The number of likely N-dealkylation sites (N-methyl/N-ethyl adjacent to an activating group) is 1. The molecule has 0 aliphatic heterocycles. The van der Waals surface area contributed by atoms with Gasteiger partial charge < -0.3 is 5.32 Å². The van der Waals surface area contributed by atoms with Gasteiger partial charge in [0.05, 0.1) is 0 Å². The summed E-state index contributed by atoms with van der Waals surface area (Å²) < 4.78 is 1.95. The Balaban J connectivity index is 2.35.